The Labute approximate surface area is 170 Å². The number of phenols is 1. The molecule has 0 bridgehead atoms. The zero-order valence-electron chi connectivity index (χ0n) is 16.6. The highest BCUT2D eigenvalue weighted by atomic mass is 16.5. The second-order valence-electron chi connectivity index (χ2n) is 7.39. The third-order valence-corrected chi connectivity index (χ3v) is 5.52. The number of phenolic OH excluding ortho intramolecular Hbond substituents is 1. The van der Waals surface area contributed by atoms with Crippen LogP contribution in [-0.4, -0.2) is 23.0 Å². The van der Waals surface area contributed by atoms with E-state index in [0.717, 1.165) is 48.3 Å². The van der Waals surface area contributed by atoms with Crippen LogP contribution in [0.5, 0.6) is 11.5 Å². The lowest BCUT2D eigenvalue weighted by Crippen LogP contribution is -2.04. The highest BCUT2D eigenvalue weighted by molar-refractivity contribution is 5.55. The van der Waals surface area contributed by atoms with E-state index in [0.29, 0.717) is 31.3 Å². The molecule has 1 aliphatic rings. The Balaban J connectivity index is 1.41. The Morgan fingerprint density at radius 3 is 2.83 bits per heavy atom. The summed E-state index contributed by atoms with van der Waals surface area (Å²) >= 11 is 0. The second kappa shape index (κ2) is 8.52. The van der Waals surface area contributed by atoms with Crippen LogP contribution >= 0.6 is 0 Å². The smallest absolute Gasteiger partial charge is 0.226 e. The van der Waals surface area contributed by atoms with Crippen LogP contribution in [0.4, 0.5) is 0 Å². The Hall–Kier alpha value is -3.08. The standard InChI is InChI=1S/C24H25NO4/c1-2-23-22(25-24(29-23)17-5-7-19(27)8-6-17)12-14-28-20-9-10-21-16(11-13-26)3-4-18(21)15-20/h5-10,13,15-16,27H,2-4,11-12,14H2,1H3/t16-/m1/s1. The Morgan fingerprint density at radius 2 is 2.07 bits per heavy atom. The zero-order valence-corrected chi connectivity index (χ0v) is 16.6. The molecule has 4 rings (SSSR count). The van der Waals surface area contributed by atoms with Crippen molar-refractivity contribution in [2.75, 3.05) is 6.61 Å². The first-order valence-electron chi connectivity index (χ1n) is 10.1. The minimum absolute atomic E-state index is 0.219. The minimum Gasteiger partial charge on any atom is -0.508 e. The largest absolute Gasteiger partial charge is 0.508 e. The number of hydrogen-bond acceptors (Lipinski definition) is 5. The van der Waals surface area contributed by atoms with E-state index in [1.165, 1.54) is 11.1 Å². The predicted octanol–water partition coefficient (Wildman–Crippen LogP) is 4.85. The number of carbonyl (C=O) groups is 1. The average Bonchev–Trinajstić information content (AvgIpc) is 3.33. The molecule has 0 aliphatic heterocycles. The van der Waals surface area contributed by atoms with E-state index in [9.17, 15) is 9.90 Å². The SMILES string of the molecule is CCc1oc(-c2ccc(O)cc2)nc1CCOc1ccc2c(c1)CC[C@@H]2CC=O. The number of oxazole rings is 1. The monoisotopic (exact) mass is 391 g/mol. The van der Waals surface area contributed by atoms with Crippen molar-refractivity contribution in [2.45, 2.75) is 44.9 Å². The van der Waals surface area contributed by atoms with Gasteiger partial charge in [-0.05, 0) is 66.3 Å². The fourth-order valence-electron chi connectivity index (χ4n) is 3.98. The van der Waals surface area contributed by atoms with Gasteiger partial charge in [-0.2, -0.15) is 0 Å². The first-order chi connectivity index (χ1) is 14.2. The molecule has 1 aromatic heterocycles. The van der Waals surface area contributed by atoms with Crippen molar-refractivity contribution in [1.29, 1.82) is 0 Å². The normalized spacial score (nSPS) is 15.3. The van der Waals surface area contributed by atoms with E-state index in [-0.39, 0.29) is 5.75 Å². The van der Waals surface area contributed by atoms with Crippen LogP contribution in [0.3, 0.4) is 0 Å². The lowest BCUT2D eigenvalue weighted by Gasteiger charge is -2.10. The van der Waals surface area contributed by atoms with Gasteiger partial charge >= 0.3 is 0 Å². The van der Waals surface area contributed by atoms with Gasteiger partial charge in [0.25, 0.3) is 0 Å². The highest BCUT2D eigenvalue weighted by Crippen LogP contribution is 2.36. The van der Waals surface area contributed by atoms with Crippen molar-refractivity contribution in [2.24, 2.45) is 0 Å². The number of aldehydes is 1. The van der Waals surface area contributed by atoms with Crippen LogP contribution in [-0.2, 0) is 24.1 Å². The van der Waals surface area contributed by atoms with Gasteiger partial charge in [-0.25, -0.2) is 4.98 Å². The Morgan fingerprint density at radius 1 is 1.24 bits per heavy atom. The number of carbonyl (C=O) groups excluding carboxylic acids is 1. The summed E-state index contributed by atoms with van der Waals surface area (Å²) in [6.45, 7) is 2.56. The molecule has 1 aliphatic carbocycles. The van der Waals surface area contributed by atoms with Crippen molar-refractivity contribution >= 4 is 6.29 Å². The summed E-state index contributed by atoms with van der Waals surface area (Å²) < 4.78 is 11.9. The van der Waals surface area contributed by atoms with Gasteiger partial charge in [0.2, 0.25) is 5.89 Å². The molecule has 0 spiro atoms. The lowest BCUT2D eigenvalue weighted by atomic mass is 9.99. The molecular weight excluding hydrogens is 366 g/mol. The molecule has 5 nitrogen and oxygen atoms in total. The van der Waals surface area contributed by atoms with Crippen LogP contribution < -0.4 is 4.74 Å². The maximum absolute atomic E-state index is 10.8. The molecule has 29 heavy (non-hydrogen) atoms. The lowest BCUT2D eigenvalue weighted by molar-refractivity contribution is -0.108. The summed E-state index contributed by atoms with van der Waals surface area (Å²) in [6, 6.07) is 13.0. The number of hydrogen-bond donors (Lipinski definition) is 1. The zero-order chi connectivity index (χ0) is 20.2. The number of rotatable bonds is 8. The van der Waals surface area contributed by atoms with Gasteiger partial charge in [-0.3, -0.25) is 0 Å². The molecule has 0 fully saturated rings. The van der Waals surface area contributed by atoms with Gasteiger partial charge in [0.15, 0.2) is 0 Å². The molecule has 2 aromatic carbocycles. The van der Waals surface area contributed by atoms with Crippen LogP contribution in [0.1, 0.15) is 48.3 Å². The molecular formula is C24H25NO4. The summed E-state index contributed by atoms with van der Waals surface area (Å²) in [7, 11) is 0. The third-order valence-electron chi connectivity index (χ3n) is 5.52. The van der Waals surface area contributed by atoms with Gasteiger partial charge in [0.05, 0.1) is 12.3 Å². The summed E-state index contributed by atoms with van der Waals surface area (Å²) in [6.07, 6.45) is 5.08. The number of fused-ring (bicyclic) bond motifs is 1. The minimum atomic E-state index is 0.219. The van der Waals surface area contributed by atoms with E-state index >= 15 is 0 Å². The molecule has 0 amide bonds. The van der Waals surface area contributed by atoms with Crippen LogP contribution in [0, 0.1) is 0 Å². The van der Waals surface area contributed by atoms with Gasteiger partial charge in [-0.15, -0.1) is 0 Å². The highest BCUT2D eigenvalue weighted by Gasteiger charge is 2.22. The molecule has 0 saturated carbocycles. The molecule has 150 valence electrons. The molecule has 1 atom stereocenters. The number of aromatic nitrogens is 1. The fourth-order valence-corrected chi connectivity index (χ4v) is 3.98. The summed E-state index contributed by atoms with van der Waals surface area (Å²) in [5.74, 6) is 2.86. The number of nitrogens with zero attached hydrogens (tertiary/aromatic N) is 1. The van der Waals surface area contributed by atoms with Crippen molar-refractivity contribution in [3.63, 3.8) is 0 Å². The molecule has 0 saturated heterocycles. The van der Waals surface area contributed by atoms with Gasteiger partial charge in [-0.1, -0.05) is 13.0 Å². The Bertz CT molecular complexity index is 991. The number of ether oxygens (including phenoxy) is 1. The molecule has 3 aromatic rings. The topological polar surface area (TPSA) is 72.6 Å². The number of aryl methyl sites for hydroxylation is 2. The van der Waals surface area contributed by atoms with Crippen molar-refractivity contribution < 1.29 is 19.1 Å². The molecule has 1 N–H and O–H groups in total. The molecule has 0 radical (unpaired) electrons. The summed E-state index contributed by atoms with van der Waals surface area (Å²) in [5.41, 5.74) is 4.32. The van der Waals surface area contributed by atoms with E-state index < -0.39 is 0 Å². The van der Waals surface area contributed by atoms with E-state index in [1.807, 2.05) is 13.0 Å². The maximum atomic E-state index is 10.8. The number of aromatic hydroxyl groups is 1. The number of benzene rings is 2. The maximum Gasteiger partial charge on any atom is 0.226 e. The van der Waals surface area contributed by atoms with Gasteiger partial charge in [0.1, 0.15) is 23.5 Å². The first-order valence-corrected chi connectivity index (χ1v) is 10.1. The van der Waals surface area contributed by atoms with E-state index in [2.05, 4.69) is 17.1 Å². The van der Waals surface area contributed by atoms with E-state index in [1.54, 1.807) is 24.3 Å². The third kappa shape index (κ3) is 4.19. The average molecular weight is 391 g/mol. The molecule has 1 heterocycles. The molecule has 5 heteroatoms. The van der Waals surface area contributed by atoms with Crippen molar-refractivity contribution in [1.82, 2.24) is 4.98 Å². The van der Waals surface area contributed by atoms with Crippen LogP contribution in [0.2, 0.25) is 0 Å². The van der Waals surface area contributed by atoms with Gasteiger partial charge in [0, 0.05) is 24.8 Å². The second-order valence-corrected chi connectivity index (χ2v) is 7.39. The Kier molecular flexibility index (Phi) is 5.65. The quantitative estimate of drug-likeness (QED) is 0.556. The van der Waals surface area contributed by atoms with Crippen LogP contribution in [0.25, 0.3) is 11.5 Å². The fraction of sp³-hybridized carbons (Fsp3) is 0.333. The summed E-state index contributed by atoms with van der Waals surface area (Å²) in [5, 5.41) is 9.45. The summed E-state index contributed by atoms with van der Waals surface area (Å²) in [4.78, 5) is 15.5. The van der Waals surface area contributed by atoms with Crippen LogP contribution in [0.15, 0.2) is 46.9 Å². The predicted molar refractivity (Wildman–Crippen MR) is 110 cm³/mol. The first kappa shape index (κ1) is 19.2. The van der Waals surface area contributed by atoms with Gasteiger partial charge < -0.3 is 19.1 Å². The van der Waals surface area contributed by atoms with Crippen molar-refractivity contribution in [3.05, 3.63) is 65.0 Å². The van der Waals surface area contributed by atoms with E-state index in [4.69, 9.17) is 9.15 Å². The van der Waals surface area contributed by atoms with Crippen molar-refractivity contribution in [3.8, 4) is 23.0 Å². The molecule has 0 unspecified atom stereocenters.